The Morgan fingerprint density at radius 1 is 1.05 bits per heavy atom. The highest BCUT2D eigenvalue weighted by molar-refractivity contribution is 5.54. The van der Waals surface area contributed by atoms with Gasteiger partial charge >= 0.3 is 0 Å². The first kappa shape index (κ1) is 17.7. The van der Waals surface area contributed by atoms with E-state index < -0.39 is 0 Å². The monoisotopic (exact) mass is 307 g/mol. The zero-order valence-corrected chi connectivity index (χ0v) is 13.3. The van der Waals surface area contributed by atoms with Crippen LogP contribution in [0.25, 0.3) is 0 Å². The van der Waals surface area contributed by atoms with Crippen LogP contribution < -0.4 is 14.2 Å². The highest BCUT2D eigenvalue weighted by atomic mass is 16.5. The summed E-state index contributed by atoms with van der Waals surface area (Å²) >= 11 is 0. The highest BCUT2D eigenvalue weighted by Crippen LogP contribution is 2.38. The molecule has 0 bridgehead atoms. The van der Waals surface area contributed by atoms with Crippen LogP contribution in [0.5, 0.6) is 17.2 Å². The van der Waals surface area contributed by atoms with E-state index in [2.05, 4.69) is 6.07 Å². The average molecular weight is 307 g/mol. The second kappa shape index (κ2) is 9.53. The van der Waals surface area contributed by atoms with Gasteiger partial charge in [0.15, 0.2) is 11.5 Å². The van der Waals surface area contributed by atoms with E-state index in [1.807, 2.05) is 12.1 Å². The van der Waals surface area contributed by atoms with E-state index in [4.69, 9.17) is 23.7 Å². The minimum absolute atomic E-state index is 0.400. The van der Waals surface area contributed by atoms with Crippen LogP contribution in [0.1, 0.15) is 5.56 Å². The molecule has 0 radical (unpaired) electrons. The van der Waals surface area contributed by atoms with Crippen LogP contribution in [0.2, 0.25) is 0 Å². The summed E-state index contributed by atoms with van der Waals surface area (Å²) in [6, 6.07) is 5.73. The summed E-state index contributed by atoms with van der Waals surface area (Å²) in [6.07, 6.45) is 1.85. The second-order valence-electron chi connectivity index (χ2n) is 4.33. The van der Waals surface area contributed by atoms with Crippen LogP contribution in [-0.2, 0) is 15.9 Å². The predicted molar refractivity (Wildman–Crippen MR) is 81.3 cm³/mol. The molecule has 0 spiro atoms. The van der Waals surface area contributed by atoms with Crippen LogP contribution in [0.4, 0.5) is 0 Å². The van der Waals surface area contributed by atoms with Gasteiger partial charge in [-0.3, -0.25) is 0 Å². The van der Waals surface area contributed by atoms with Gasteiger partial charge in [-0.1, -0.05) is 0 Å². The quantitative estimate of drug-likeness (QED) is 0.396. The maximum atomic E-state index is 9.18. The Kier molecular flexibility index (Phi) is 7.65. The Bertz CT molecular complexity index is 523. The van der Waals surface area contributed by atoms with Crippen molar-refractivity contribution in [2.24, 2.45) is 0 Å². The lowest BCUT2D eigenvalue weighted by atomic mass is 10.1. The zero-order valence-electron chi connectivity index (χ0n) is 13.3. The van der Waals surface area contributed by atoms with Gasteiger partial charge in [-0.05, 0) is 17.7 Å². The summed E-state index contributed by atoms with van der Waals surface area (Å²) in [5.41, 5.74) is 1.35. The summed E-state index contributed by atoms with van der Waals surface area (Å²) in [6.45, 7) is 0.871. The lowest BCUT2D eigenvalue weighted by Gasteiger charge is -2.14. The van der Waals surface area contributed by atoms with E-state index >= 15 is 0 Å². The largest absolute Gasteiger partial charge is 0.498 e. The van der Waals surface area contributed by atoms with Gasteiger partial charge in [0.25, 0.3) is 0 Å². The molecule has 1 aromatic carbocycles. The van der Waals surface area contributed by atoms with E-state index in [9.17, 15) is 5.26 Å². The number of nitriles is 1. The Balaban J connectivity index is 2.94. The van der Waals surface area contributed by atoms with Gasteiger partial charge < -0.3 is 23.7 Å². The van der Waals surface area contributed by atoms with Gasteiger partial charge in [0.05, 0.1) is 45.8 Å². The highest BCUT2D eigenvalue weighted by Gasteiger charge is 2.14. The first-order chi connectivity index (χ1) is 10.7. The van der Waals surface area contributed by atoms with Crippen LogP contribution in [0.3, 0.4) is 0 Å². The number of nitrogens with zero attached hydrogens (tertiary/aromatic N) is 1. The number of ether oxygens (including phenoxy) is 5. The minimum Gasteiger partial charge on any atom is -0.498 e. The number of benzene rings is 1. The number of methoxy groups -OCH3 is 4. The predicted octanol–water partition coefficient (Wildman–Crippen LogP) is 2.33. The van der Waals surface area contributed by atoms with E-state index in [1.54, 1.807) is 28.4 Å². The molecule has 0 saturated carbocycles. The van der Waals surface area contributed by atoms with Crippen molar-refractivity contribution in [1.82, 2.24) is 0 Å². The van der Waals surface area contributed by atoms with E-state index in [0.29, 0.717) is 42.5 Å². The SMILES string of the molecule is COCCOC=C(C#N)Cc1cc(OC)c(OC)c(OC)c1. The van der Waals surface area contributed by atoms with Crippen molar-refractivity contribution in [3.8, 4) is 23.3 Å². The van der Waals surface area contributed by atoms with Gasteiger partial charge in [0, 0.05) is 13.5 Å². The molecule has 0 amide bonds. The standard InChI is InChI=1S/C16H21NO5/c1-18-5-6-22-11-13(10-17)7-12-8-14(19-2)16(21-4)15(9-12)20-3/h8-9,11H,5-7H2,1-4H3. The van der Waals surface area contributed by atoms with Crippen LogP contribution in [0, 0.1) is 11.3 Å². The Hall–Kier alpha value is -2.39. The maximum Gasteiger partial charge on any atom is 0.203 e. The van der Waals surface area contributed by atoms with Crippen molar-refractivity contribution in [3.63, 3.8) is 0 Å². The maximum absolute atomic E-state index is 9.18. The minimum atomic E-state index is 0.400. The molecule has 0 aliphatic carbocycles. The van der Waals surface area contributed by atoms with Crippen LogP contribution in [-0.4, -0.2) is 41.7 Å². The molecule has 0 heterocycles. The van der Waals surface area contributed by atoms with E-state index in [-0.39, 0.29) is 0 Å². The Morgan fingerprint density at radius 2 is 1.68 bits per heavy atom. The van der Waals surface area contributed by atoms with Gasteiger partial charge in [0.1, 0.15) is 6.61 Å². The van der Waals surface area contributed by atoms with Crippen molar-refractivity contribution in [2.45, 2.75) is 6.42 Å². The molecule has 120 valence electrons. The third kappa shape index (κ3) is 4.86. The van der Waals surface area contributed by atoms with Crippen LogP contribution in [0.15, 0.2) is 24.0 Å². The molecule has 0 aromatic heterocycles. The molecule has 6 nitrogen and oxygen atoms in total. The molecule has 1 rings (SSSR count). The molecule has 0 aliphatic heterocycles. The fraction of sp³-hybridized carbons (Fsp3) is 0.438. The molecule has 1 aromatic rings. The fourth-order valence-electron chi connectivity index (χ4n) is 1.86. The van der Waals surface area contributed by atoms with Gasteiger partial charge in [-0.25, -0.2) is 0 Å². The van der Waals surface area contributed by atoms with Crippen molar-refractivity contribution in [2.75, 3.05) is 41.7 Å². The van der Waals surface area contributed by atoms with Crippen LogP contribution >= 0.6 is 0 Å². The Morgan fingerprint density at radius 3 is 2.14 bits per heavy atom. The number of hydrogen-bond acceptors (Lipinski definition) is 6. The third-order valence-electron chi connectivity index (χ3n) is 2.89. The second-order valence-corrected chi connectivity index (χ2v) is 4.33. The van der Waals surface area contributed by atoms with Crippen molar-refractivity contribution in [1.29, 1.82) is 5.26 Å². The number of allylic oxidation sites excluding steroid dienone is 1. The summed E-state index contributed by atoms with van der Waals surface area (Å²) in [4.78, 5) is 0. The molecule has 6 heteroatoms. The molecular formula is C16H21NO5. The molecule has 22 heavy (non-hydrogen) atoms. The third-order valence-corrected chi connectivity index (χ3v) is 2.89. The molecule has 0 saturated heterocycles. The van der Waals surface area contributed by atoms with Crippen molar-refractivity contribution in [3.05, 3.63) is 29.5 Å². The summed E-state index contributed by atoms with van der Waals surface area (Å²) in [5, 5.41) is 9.18. The molecule has 0 N–H and O–H groups in total. The number of hydrogen-bond donors (Lipinski definition) is 0. The van der Waals surface area contributed by atoms with Crippen molar-refractivity contribution >= 4 is 0 Å². The topological polar surface area (TPSA) is 69.9 Å². The summed E-state index contributed by atoms with van der Waals surface area (Å²) < 4.78 is 26.0. The summed E-state index contributed by atoms with van der Waals surface area (Å²) in [7, 11) is 6.24. The first-order valence-electron chi connectivity index (χ1n) is 6.68. The van der Waals surface area contributed by atoms with Gasteiger partial charge in [-0.2, -0.15) is 5.26 Å². The molecule has 0 aliphatic rings. The van der Waals surface area contributed by atoms with Gasteiger partial charge in [-0.15, -0.1) is 0 Å². The first-order valence-corrected chi connectivity index (χ1v) is 6.68. The van der Waals surface area contributed by atoms with E-state index in [1.165, 1.54) is 6.26 Å². The van der Waals surface area contributed by atoms with Gasteiger partial charge in [0.2, 0.25) is 5.75 Å². The molecule has 0 atom stereocenters. The summed E-state index contributed by atoms with van der Waals surface area (Å²) in [5.74, 6) is 1.62. The van der Waals surface area contributed by atoms with E-state index in [0.717, 1.165) is 5.56 Å². The average Bonchev–Trinajstić information content (AvgIpc) is 2.56. The normalized spacial score (nSPS) is 10.8. The fourth-order valence-corrected chi connectivity index (χ4v) is 1.86. The Labute approximate surface area is 130 Å². The number of rotatable bonds is 9. The molecular weight excluding hydrogens is 286 g/mol. The molecule has 0 fully saturated rings. The zero-order chi connectivity index (χ0) is 16.4. The van der Waals surface area contributed by atoms with Crippen molar-refractivity contribution < 1.29 is 23.7 Å². The smallest absolute Gasteiger partial charge is 0.203 e. The molecule has 0 unspecified atom stereocenters. The lowest BCUT2D eigenvalue weighted by molar-refractivity contribution is 0.123. The lowest BCUT2D eigenvalue weighted by Crippen LogP contribution is -2.00.